The van der Waals surface area contributed by atoms with Gasteiger partial charge in [0.05, 0.1) is 28.0 Å². The van der Waals surface area contributed by atoms with Crippen molar-refractivity contribution in [1.29, 1.82) is 0 Å². The lowest BCUT2D eigenvalue weighted by Crippen LogP contribution is -2.16. The molecule has 0 aliphatic carbocycles. The predicted molar refractivity (Wildman–Crippen MR) is 115 cm³/mol. The Morgan fingerprint density at radius 1 is 1.27 bits per heavy atom. The first-order chi connectivity index (χ1) is 14.3. The molecule has 0 atom stereocenters. The van der Waals surface area contributed by atoms with Crippen molar-refractivity contribution < 1.29 is 22.3 Å². The summed E-state index contributed by atoms with van der Waals surface area (Å²) in [7, 11) is -2.00. The maximum atomic E-state index is 13.5. The number of amides is 1. The molecule has 30 heavy (non-hydrogen) atoms. The Kier molecular flexibility index (Phi) is 6.84. The van der Waals surface area contributed by atoms with Crippen LogP contribution in [0.15, 0.2) is 65.0 Å². The number of halogens is 1. The maximum Gasteiger partial charge on any atom is 0.248 e. The van der Waals surface area contributed by atoms with Gasteiger partial charge in [0.1, 0.15) is 11.6 Å². The SMILES string of the molecule is C=CCn1c(=NC(=O)CCCS(=O)(=O)c2ccc(OC)cc2)sc2cc(F)ccc21. The van der Waals surface area contributed by atoms with Crippen molar-refractivity contribution in [3.8, 4) is 5.75 Å². The van der Waals surface area contributed by atoms with E-state index in [0.717, 1.165) is 5.52 Å². The van der Waals surface area contributed by atoms with Crippen LogP contribution >= 0.6 is 11.3 Å². The molecule has 0 spiro atoms. The van der Waals surface area contributed by atoms with Crippen molar-refractivity contribution in [1.82, 2.24) is 4.57 Å². The van der Waals surface area contributed by atoms with Crippen LogP contribution in [0.25, 0.3) is 10.2 Å². The molecule has 0 unspecified atom stereocenters. The number of sulfone groups is 1. The Morgan fingerprint density at radius 3 is 2.67 bits per heavy atom. The first kappa shape index (κ1) is 21.9. The Morgan fingerprint density at radius 2 is 2.00 bits per heavy atom. The molecule has 0 radical (unpaired) electrons. The highest BCUT2D eigenvalue weighted by Crippen LogP contribution is 2.19. The Balaban J connectivity index is 1.72. The lowest BCUT2D eigenvalue weighted by atomic mass is 10.3. The molecule has 158 valence electrons. The number of ether oxygens (including phenoxy) is 1. The van der Waals surface area contributed by atoms with E-state index in [-0.39, 0.29) is 29.3 Å². The van der Waals surface area contributed by atoms with E-state index in [1.807, 2.05) is 0 Å². The third-order valence-corrected chi connectivity index (χ3v) is 7.26. The molecular formula is C21H21FN2O4S2. The van der Waals surface area contributed by atoms with Crippen molar-refractivity contribution in [2.75, 3.05) is 12.9 Å². The average molecular weight is 449 g/mol. The molecule has 0 N–H and O–H groups in total. The van der Waals surface area contributed by atoms with Crippen LogP contribution in [0.3, 0.4) is 0 Å². The molecular weight excluding hydrogens is 427 g/mol. The van der Waals surface area contributed by atoms with Crippen molar-refractivity contribution >= 4 is 37.3 Å². The number of carbonyl (C=O) groups is 1. The Labute approximate surface area is 177 Å². The molecule has 1 heterocycles. The van der Waals surface area contributed by atoms with Gasteiger partial charge in [-0.3, -0.25) is 4.79 Å². The van der Waals surface area contributed by atoms with E-state index >= 15 is 0 Å². The molecule has 1 amide bonds. The topological polar surface area (TPSA) is 77.7 Å². The summed E-state index contributed by atoms with van der Waals surface area (Å²) < 4.78 is 45.8. The Hall–Kier alpha value is -2.78. The molecule has 2 aromatic carbocycles. The second kappa shape index (κ2) is 9.36. The van der Waals surface area contributed by atoms with Crippen molar-refractivity contribution in [3.63, 3.8) is 0 Å². The monoisotopic (exact) mass is 448 g/mol. The van der Waals surface area contributed by atoms with E-state index in [1.54, 1.807) is 28.8 Å². The highest BCUT2D eigenvalue weighted by atomic mass is 32.2. The van der Waals surface area contributed by atoms with Gasteiger partial charge in [0.15, 0.2) is 14.6 Å². The summed E-state index contributed by atoms with van der Waals surface area (Å²) >= 11 is 1.20. The van der Waals surface area contributed by atoms with Gasteiger partial charge in [-0.05, 0) is 48.9 Å². The summed E-state index contributed by atoms with van der Waals surface area (Å²) in [4.78, 5) is 17.1. The van der Waals surface area contributed by atoms with Gasteiger partial charge in [0.2, 0.25) is 5.91 Å². The van der Waals surface area contributed by atoms with Crippen LogP contribution in [0.4, 0.5) is 4.39 Å². The number of allylic oxidation sites excluding steroid dienone is 1. The third-order valence-electron chi connectivity index (χ3n) is 4.40. The number of hydrogen-bond acceptors (Lipinski definition) is 5. The van der Waals surface area contributed by atoms with Gasteiger partial charge in [0, 0.05) is 13.0 Å². The molecule has 0 bridgehead atoms. The van der Waals surface area contributed by atoms with E-state index < -0.39 is 15.7 Å². The lowest BCUT2D eigenvalue weighted by Gasteiger charge is -2.05. The fraction of sp³-hybridized carbons (Fsp3) is 0.238. The second-order valence-corrected chi connectivity index (χ2v) is 9.62. The molecule has 0 saturated heterocycles. The zero-order chi connectivity index (χ0) is 21.7. The molecule has 6 nitrogen and oxygen atoms in total. The maximum absolute atomic E-state index is 13.5. The number of thiazole rings is 1. The number of hydrogen-bond donors (Lipinski definition) is 0. The summed E-state index contributed by atoms with van der Waals surface area (Å²) in [5, 5.41) is 0. The summed E-state index contributed by atoms with van der Waals surface area (Å²) in [6.07, 6.45) is 1.81. The second-order valence-electron chi connectivity index (χ2n) is 6.50. The first-order valence-corrected chi connectivity index (χ1v) is 11.6. The molecule has 0 aliphatic rings. The number of aromatic nitrogens is 1. The zero-order valence-corrected chi connectivity index (χ0v) is 18.0. The van der Waals surface area contributed by atoms with Crippen LogP contribution in [0.5, 0.6) is 5.75 Å². The zero-order valence-electron chi connectivity index (χ0n) is 16.4. The molecule has 0 aliphatic heterocycles. The highest BCUT2D eigenvalue weighted by molar-refractivity contribution is 7.91. The molecule has 1 aromatic heterocycles. The summed E-state index contributed by atoms with van der Waals surface area (Å²) in [5.41, 5.74) is 0.759. The quantitative estimate of drug-likeness (QED) is 0.492. The van der Waals surface area contributed by atoms with E-state index in [2.05, 4.69) is 11.6 Å². The van der Waals surface area contributed by atoms with Crippen molar-refractivity contribution in [2.24, 2.45) is 4.99 Å². The number of nitrogens with zero attached hydrogens (tertiary/aromatic N) is 2. The van der Waals surface area contributed by atoms with Gasteiger partial charge in [-0.1, -0.05) is 17.4 Å². The first-order valence-electron chi connectivity index (χ1n) is 9.18. The molecule has 9 heteroatoms. The van der Waals surface area contributed by atoms with Gasteiger partial charge < -0.3 is 9.30 Å². The fourth-order valence-electron chi connectivity index (χ4n) is 2.91. The van der Waals surface area contributed by atoms with Crippen molar-refractivity contribution in [2.45, 2.75) is 24.3 Å². The normalized spacial score (nSPS) is 12.3. The van der Waals surface area contributed by atoms with Crippen LogP contribution in [-0.4, -0.2) is 31.8 Å². The highest BCUT2D eigenvalue weighted by Gasteiger charge is 2.15. The molecule has 3 rings (SSSR count). The number of rotatable bonds is 8. The standard InChI is InChI=1S/C21H21FN2O4S2/c1-3-12-24-18-11-6-15(22)14-19(18)29-21(24)23-20(25)5-4-13-30(26,27)17-9-7-16(28-2)8-10-17/h3,6-11,14H,1,4-5,12-13H2,2H3. The van der Waals surface area contributed by atoms with Gasteiger partial charge >= 0.3 is 0 Å². The minimum Gasteiger partial charge on any atom is -0.497 e. The van der Waals surface area contributed by atoms with E-state index in [9.17, 15) is 17.6 Å². The largest absolute Gasteiger partial charge is 0.497 e. The van der Waals surface area contributed by atoms with Crippen LogP contribution < -0.4 is 9.54 Å². The smallest absolute Gasteiger partial charge is 0.248 e. The number of carbonyl (C=O) groups excluding carboxylic acids is 1. The van der Waals surface area contributed by atoms with Crippen LogP contribution in [0.1, 0.15) is 12.8 Å². The summed E-state index contributed by atoms with van der Waals surface area (Å²) in [6.45, 7) is 4.13. The summed E-state index contributed by atoms with van der Waals surface area (Å²) in [5.74, 6) is -0.384. The minimum atomic E-state index is -3.50. The van der Waals surface area contributed by atoms with E-state index in [0.29, 0.717) is 21.8 Å². The van der Waals surface area contributed by atoms with Gasteiger partial charge in [0.25, 0.3) is 0 Å². The molecule has 3 aromatic rings. The van der Waals surface area contributed by atoms with Crippen molar-refractivity contribution in [3.05, 3.63) is 65.7 Å². The Bertz CT molecular complexity index is 1240. The van der Waals surface area contributed by atoms with Gasteiger partial charge in [-0.25, -0.2) is 12.8 Å². The van der Waals surface area contributed by atoms with Crippen LogP contribution in [0.2, 0.25) is 0 Å². The lowest BCUT2D eigenvalue weighted by molar-refractivity contribution is -0.118. The predicted octanol–water partition coefficient (Wildman–Crippen LogP) is 3.72. The summed E-state index contributed by atoms with van der Waals surface area (Å²) in [6, 6.07) is 10.5. The van der Waals surface area contributed by atoms with Crippen LogP contribution in [0, 0.1) is 5.82 Å². The average Bonchev–Trinajstić information content (AvgIpc) is 3.04. The third kappa shape index (κ3) is 5.03. The molecule has 0 saturated carbocycles. The number of fused-ring (bicyclic) bond motifs is 1. The van der Waals surface area contributed by atoms with Gasteiger partial charge in [-0.2, -0.15) is 4.99 Å². The van der Waals surface area contributed by atoms with Crippen LogP contribution in [-0.2, 0) is 21.2 Å². The fourth-order valence-corrected chi connectivity index (χ4v) is 5.31. The molecule has 0 fully saturated rings. The number of methoxy groups -OCH3 is 1. The van der Waals surface area contributed by atoms with Gasteiger partial charge in [-0.15, -0.1) is 6.58 Å². The minimum absolute atomic E-state index is 0.00786. The van der Waals surface area contributed by atoms with E-state index in [4.69, 9.17) is 4.74 Å². The number of benzene rings is 2. The van der Waals surface area contributed by atoms with E-state index in [1.165, 1.54) is 42.7 Å².